The van der Waals surface area contributed by atoms with Crippen molar-refractivity contribution in [3.05, 3.63) is 65.0 Å². The van der Waals surface area contributed by atoms with Gasteiger partial charge < -0.3 is 5.32 Å². The van der Waals surface area contributed by atoms with Crippen LogP contribution in [0.25, 0.3) is 0 Å². The summed E-state index contributed by atoms with van der Waals surface area (Å²) in [6.45, 7) is 1.59. The molecule has 0 unspecified atom stereocenters. The Morgan fingerprint density at radius 3 is 2.15 bits per heavy atom. The van der Waals surface area contributed by atoms with Crippen molar-refractivity contribution in [2.24, 2.45) is 0 Å². The summed E-state index contributed by atoms with van der Waals surface area (Å²) in [4.78, 5) is 12.1. The predicted octanol–water partition coefficient (Wildman–Crippen LogP) is 5.77. The van der Waals surface area contributed by atoms with Crippen molar-refractivity contribution in [2.75, 3.05) is 0 Å². The predicted molar refractivity (Wildman–Crippen MR) is 108 cm³/mol. The normalized spacial score (nSPS) is 21.8. The van der Waals surface area contributed by atoms with Crippen LogP contribution in [0, 0.1) is 5.82 Å². The van der Waals surface area contributed by atoms with Gasteiger partial charge in [0.25, 0.3) is 5.91 Å². The van der Waals surface area contributed by atoms with Gasteiger partial charge in [0.15, 0.2) is 9.84 Å². The van der Waals surface area contributed by atoms with Crippen LogP contribution in [0.1, 0.15) is 54.1 Å². The van der Waals surface area contributed by atoms with Crippen molar-refractivity contribution in [1.29, 1.82) is 0 Å². The Bertz CT molecular complexity index is 1180. The Labute approximate surface area is 191 Å². The third kappa shape index (κ3) is 5.53. The highest BCUT2D eigenvalue weighted by molar-refractivity contribution is 7.92. The van der Waals surface area contributed by atoms with Gasteiger partial charge in [0.2, 0.25) is 0 Å². The summed E-state index contributed by atoms with van der Waals surface area (Å²) < 4.78 is 117. The van der Waals surface area contributed by atoms with Gasteiger partial charge in [0, 0.05) is 11.1 Å². The maximum Gasteiger partial charge on any atom is 0.419 e. The number of amides is 1. The molecule has 1 aliphatic rings. The van der Waals surface area contributed by atoms with Crippen LogP contribution in [0.4, 0.5) is 30.7 Å². The average molecular weight is 511 g/mol. The number of benzene rings is 2. The van der Waals surface area contributed by atoms with E-state index in [2.05, 4.69) is 5.32 Å². The first-order valence-corrected chi connectivity index (χ1v) is 11.7. The highest BCUT2D eigenvalue weighted by Crippen LogP contribution is 2.37. The molecule has 0 bridgehead atoms. The molecule has 0 radical (unpaired) electrons. The van der Waals surface area contributed by atoms with Gasteiger partial charge in [0.05, 0.1) is 21.3 Å². The van der Waals surface area contributed by atoms with Gasteiger partial charge in [0.1, 0.15) is 5.82 Å². The molecule has 0 heterocycles. The first kappa shape index (κ1) is 26.0. The summed E-state index contributed by atoms with van der Waals surface area (Å²) in [5.74, 6) is -2.40. The molecule has 1 amide bonds. The summed E-state index contributed by atoms with van der Waals surface area (Å²) in [6, 6.07) is 5.31. The van der Waals surface area contributed by atoms with Gasteiger partial charge >= 0.3 is 12.4 Å². The van der Waals surface area contributed by atoms with Crippen molar-refractivity contribution in [2.45, 2.75) is 60.6 Å². The average Bonchev–Trinajstić information content (AvgIpc) is 2.72. The third-order valence-corrected chi connectivity index (χ3v) is 8.17. The van der Waals surface area contributed by atoms with Crippen molar-refractivity contribution < 1.29 is 43.9 Å². The molecule has 186 valence electrons. The molecule has 34 heavy (non-hydrogen) atoms. The van der Waals surface area contributed by atoms with Crippen molar-refractivity contribution >= 4 is 15.7 Å². The lowest BCUT2D eigenvalue weighted by molar-refractivity contribution is -0.140. The van der Waals surface area contributed by atoms with E-state index in [1.807, 2.05) is 0 Å². The fraction of sp³-hybridized carbons (Fsp3) is 0.409. The highest BCUT2D eigenvalue weighted by atomic mass is 32.2. The Hall–Kier alpha value is -2.63. The fourth-order valence-corrected chi connectivity index (χ4v) is 5.74. The van der Waals surface area contributed by atoms with Gasteiger partial charge in [-0.3, -0.25) is 4.79 Å². The largest absolute Gasteiger partial charge is 0.419 e. The number of carbonyl (C=O) groups is 1. The summed E-state index contributed by atoms with van der Waals surface area (Å²) in [7, 11) is -4.08. The molecule has 0 spiro atoms. The maximum atomic E-state index is 13.5. The SMILES string of the molecule is CC1(NC(=O)c2ccc(F)c(C(F)(F)F)c2)CCC(S(=O)(=O)c2cccc(C(F)(F)F)c2)CC1. The lowest BCUT2D eigenvalue weighted by Gasteiger charge is -2.38. The van der Waals surface area contributed by atoms with E-state index < -0.39 is 66.3 Å². The van der Waals surface area contributed by atoms with E-state index in [9.17, 15) is 43.9 Å². The van der Waals surface area contributed by atoms with E-state index in [4.69, 9.17) is 0 Å². The smallest absolute Gasteiger partial charge is 0.347 e. The zero-order chi connectivity index (χ0) is 25.5. The highest BCUT2D eigenvalue weighted by Gasteiger charge is 2.40. The number of sulfone groups is 1. The molecule has 12 heteroatoms. The van der Waals surface area contributed by atoms with Gasteiger partial charge in [-0.15, -0.1) is 0 Å². The number of halogens is 7. The van der Waals surface area contributed by atoms with Crippen LogP contribution >= 0.6 is 0 Å². The van der Waals surface area contributed by atoms with E-state index >= 15 is 0 Å². The second kappa shape index (κ2) is 8.86. The molecule has 0 aromatic heterocycles. The summed E-state index contributed by atoms with van der Waals surface area (Å²) >= 11 is 0. The number of carbonyl (C=O) groups excluding carboxylic acids is 1. The number of hydrogen-bond acceptors (Lipinski definition) is 3. The van der Waals surface area contributed by atoms with Crippen LogP contribution in [-0.4, -0.2) is 25.1 Å². The lowest BCUT2D eigenvalue weighted by Crippen LogP contribution is -2.49. The molecule has 1 saturated carbocycles. The summed E-state index contributed by atoms with van der Waals surface area (Å²) in [5, 5.41) is 1.60. The number of hydrogen-bond donors (Lipinski definition) is 1. The van der Waals surface area contributed by atoms with Crippen LogP contribution in [-0.2, 0) is 22.2 Å². The molecule has 0 atom stereocenters. The lowest BCUT2D eigenvalue weighted by atomic mass is 9.83. The van der Waals surface area contributed by atoms with Crippen molar-refractivity contribution in [3.8, 4) is 0 Å². The quantitative estimate of drug-likeness (QED) is 0.531. The summed E-state index contributed by atoms with van der Waals surface area (Å²) in [5.41, 5.74) is -4.04. The standard InChI is InChI=1S/C22H20F7NO3S/c1-20(30-19(31)13-5-6-18(23)17(11-13)22(27,28)29)9-7-15(8-10-20)34(32,33)16-4-2-3-14(12-16)21(24,25)26/h2-6,11-12,15H,7-10H2,1H3,(H,30,31). The Balaban J connectivity index is 1.72. The Morgan fingerprint density at radius 2 is 1.59 bits per heavy atom. The van der Waals surface area contributed by atoms with E-state index in [0.29, 0.717) is 18.2 Å². The van der Waals surface area contributed by atoms with E-state index in [0.717, 1.165) is 24.3 Å². The van der Waals surface area contributed by atoms with Crippen LogP contribution in [0.15, 0.2) is 47.4 Å². The van der Waals surface area contributed by atoms with E-state index in [1.165, 1.54) is 0 Å². The zero-order valence-corrected chi connectivity index (χ0v) is 18.5. The molecule has 2 aromatic rings. The van der Waals surface area contributed by atoms with Gasteiger partial charge in [-0.25, -0.2) is 12.8 Å². The molecule has 0 saturated heterocycles. The topological polar surface area (TPSA) is 63.2 Å². The van der Waals surface area contributed by atoms with E-state index in [-0.39, 0.29) is 25.7 Å². The van der Waals surface area contributed by atoms with Crippen LogP contribution in [0.5, 0.6) is 0 Å². The van der Waals surface area contributed by atoms with Crippen LogP contribution in [0.2, 0.25) is 0 Å². The molecule has 0 aliphatic heterocycles. The Morgan fingerprint density at radius 1 is 0.971 bits per heavy atom. The maximum absolute atomic E-state index is 13.5. The molecule has 1 aliphatic carbocycles. The van der Waals surface area contributed by atoms with Crippen molar-refractivity contribution in [1.82, 2.24) is 5.32 Å². The third-order valence-electron chi connectivity index (χ3n) is 5.91. The molecule has 2 aromatic carbocycles. The van der Waals surface area contributed by atoms with Crippen molar-refractivity contribution in [3.63, 3.8) is 0 Å². The molecular formula is C22H20F7NO3S. The van der Waals surface area contributed by atoms with Crippen LogP contribution in [0.3, 0.4) is 0 Å². The van der Waals surface area contributed by atoms with Gasteiger partial charge in [-0.1, -0.05) is 6.07 Å². The second-order valence-corrected chi connectivity index (χ2v) is 10.7. The monoisotopic (exact) mass is 511 g/mol. The number of nitrogens with one attached hydrogen (secondary N) is 1. The molecule has 1 fully saturated rings. The second-order valence-electron chi connectivity index (χ2n) is 8.48. The minimum atomic E-state index is -4.99. The van der Waals surface area contributed by atoms with Crippen LogP contribution < -0.4 is 5.32 Å². The first-order chi connectivity index (χ1) is 15.5. The minimum Gasteiger partial charge on any atom is -0.347 e. The molecular weight excluding hydrogens is 491 g/mol. The summed E-state index contributed by atoms with van der Waals surface area (Å²) in [6.07, 6.45) is -9.41. The zero-order valence-electron chi connectivity index (χ0n) is 17.7. The number of rotatable bonds is 4. The van der Waals surface area contributed by atoms with Gasteiger partial charge in [-0.05, 0) is 69.0 Å². The molecule has 1 N–H and O–H groups in total. The first-order valence-electron chi connectivity index (χ1n) is 10.1. The Kier molecular flexibility index (Phi) is 6.77. The van der Waals surface area contributed by atoms with Gasteiger partial charge in [-0.2, -0.15) is 26.3 Å². The van der Waals surface area contributed by atoms with E-state index in [1.54, 1.807) is 6.92 Å². The minimum absolute atomic E-state index is 0.0204. The fourth-order valence-electron chi connectivity index (χ4n) is 3.94. The number of alkyl halides is 6. The molecule has 4 nitrogen and oxygen atoms in total. The molecule has 3 rings (SSSR count).